The molecule has 1 aromatic carbocycles. The van der Waals surface area contributed by atoms with Gasteiger partial charge in [0.15, 0.2) is 0 Å². The van der Waals surface area contributed by atoms with Gasteiger partial charge in [-0.15, -0.1) is 0 Å². The van der Waals surface area contributed by atoms with Crippen LogP contribution in [0.1, 0.15) is 5.56 Å². The van der Waals surface area contributed by atoms with Crippen LogP contribution in [0.25, 0.3) is 0 Å². The van der Waals surface area contributed by atoms with Crippen LogP contribution in [0, 0.1) is 3.57 Å². The molecule has 16 heavy (non-hydrogen) atoms. The van der Waals surface area contributed by atoms with Crippen LogP contribution < -0.4 is 5.32 Å². The molecule has 2 rings (SSSR count). The molecular formula is C10H7IN2O3. The van der Waals surface area contributed by atoms with Gasteiger partial charge in [0.2, 0.25) is 0 Å². The minimum Gasteiger partial charge on any atom is -0.269 e. The summed E-state index contributed by atoms with van der Waals surface area (Å²) in [5.41, 5.74) is 0.810. The molecule has 1 fully saturated rings. The number of benzene rings is 1. The molecule has 0 unspecified atom stereocenters. The molecule has 0 radical (unpaired) electrons. The summed E-state index contributed by atoms with van der Waals surface area (Å²) in [5.74, 6) is -1.67. The number of urea groups is 1. The molecule has 1 saturated heterocycles. The standard InChI is InChI=1S/C10H7IN2O3/c11-7-3-1-2-6(4-7)5-13-9(15)8(14)12-10(13)16/h1-4H,5H2,(H,12,14,16). The minimum atomic E-state index is -0.865. The highest BCUT2D eigenvalue weighted by Gasteiger charge is 2.36. The van der Waals surface area contributed by atoms with E-state index in [1.165, 1.54) is 0 Å². The van der Waals surface area contributed by atoms with Crippen LogP contribution in [0.3, 0.4) is 0 Å². The zero-order valence-corrected chi connectivity index (χ0v) is 10.2. The van der Waals surface area contributed by atoms with Crippen molar-refractivity contribution in [1.82, 2.24) is 10.2 Å². The average Bonchev–Trinajstić information content (AvgIpc) is 2.45. The summed E-state index contributed by atoms with van der Waals surface area (Å²) in [5, 5.41) is 1.95. The first kappa shape index (κ1) is 11.1. The highest BCUT2D eigenvalue weighted by Crippen LogP contribution is 2.12. The van der Waals surface area contributed by atoms with Gasteiger partial charge < -0.3 is 0 Å². The minimum absolute atomic E-state index is 0.118. The number of carbonyl (C=O) groups is 3. The Morgan fingerprint density at radius 3 is 2.56 bits per heavy atom. The second kappa shape index (κ2) is 4.20. The van der Waals surface area contributed by atoms with E-state index in [9.17, 15) is 14.4 Å². The fourth-order valence-corrected chi connectivity index (χ4v) is 2.00. The fourth-order valence-electron chi connectivity index (χ4n) is 1.39. The van der Waals surface area contributed by atoms with E-state index in [1.807, 2.05) is 23.5 Å². The Hall–Kier alpha value is -1.44. The molecule has 1 N–H and O–H groups in total. The highest BCUT2D eigenvalue weighted by atomic mass is 127. The van der Waals surface area contributed by atoms with Crippen LogP contribution in [0.2, 0.25) is 0 Å². The summed E-state index contributed by atoms with van der Waals surface area (Å²) in [6, 6.07) is 6.72. The Morgan fingerprint density at radius 1 is 1.25 bits per heavy atom. The average molecular weight is 330 g/mol. The van der Waals surface area contributed by atoms with E-state index in [-0.39, 0.29) is 6.54 Å². The number of hydrogen-bond acceptors (Lipinski definition) is 3. The van der Waals surface area contributed by atoms with Gasteiger partial charge in [-0.2, -0.15) is 0 Å². The maximum Gasteiger partial charge on any atom is 0.331 e. The second-order valence-electron chi connectivity index (χ2n) is 3.28. The van der Waals surface area contributed by atoms with E-state index in [0.717, 1.165) is 14.0 Å². The topological polar surface area (TPSA) is 66.5 Å². The lowest BCUT2D eigenvalue weighted by molar-refractivity contribution is -0.140. The zero-order chi connectivity index (χ0) is 11.7. The van der Waals surface area contributed by atoms with Crippen LogP contribution >= 0.6 is 22.6 Å². The van der Waals surface area contributed by atoms with Crippen molar-refractivity contribution in [3.8, 4) is 0 Å². The molecule has 6 heteroatoms. The number of nitrogens with zero attached hydrogens (tertiary/aromatic N) is 1. The Labute approximate surface area is 105 Å². The van der Waals surface area contributed by atoms with Gasteiger partial charge in [0, 0.05) is 3.57 Å². The molecule has 0 spiro atoms. The van der Waals surface area contributed by atoms with Crippen LogP contribution in [0.4, 0.5) is 4.79 Å². The van der Waals surface area contributed by atoms with Gasteiger partial charge in [-0.25, -0.2) is 4.79 Å². The van der Waals surface area contributed by atoms with Crippen molar-refractivity contribution in [1.29, 1.82) is 0 Å². The smallest absolute Gasteiger partial charge is 0.269 e. The van der Waals surface area contributed by atoms with E-state index >= 15 is 0 Å². The van der Waals surface area contributed by atoms with Crippen LogP contribution in [0.15, 0.2) is 24.3 Å². The van der Waals surface area contributed by atoms with Gasteiger partial charge in [0.1, 0.15) is 0 Å². The zero-order valence-electron chi connectivity index (χ0n) is 8.07. The van der Waals surface area contributed by atoms with E-state index in [0.29, 0.717) is 0 Å². The first-order chi connectivity index (χ1) is 7.58. The van der Waals surface area contributed by atoms with E-state index in [1.54, 1.807) is 6.07 Å². The lowest BCUT2D eigenvalue weighted by Gasteiger charge is -2.11. The summed E-state index contributed by atoms with van der Waals surface area (Å²) >= 11 is 2.14. The molecule has 1 heterocycles. The van der Waals surface area contributed by atoms with Gasteiger partial charge in [0.25, 0.3) is 0 Å². The largest absolute Gasteiger partial charge is 0.331 e. The lowest BCUT2D eigenvalue weighted by atomic mass is 10.2. The first-order valence-corrected chi connectivity index (χ1v) is 5.57. The molecular weight excluding hydrogens is 323 g/mol. The number of rotatable bonds is 2. The number of carbonyl (C=O) groups excluding carboxylic acids is 3. The number of amides is 4. The lowest BCUT2D eigenvalue weighted by Crippen LogP contribution is -2.30. The SMILES string of the molecule is O=C1NC(=O)N(Cc2cccc(I)c2)C1=O. The Bertz CT molecular complexity index is 487. The van der Waals surface area contributed by atoms with Gasteiger partial charge in [-0.1, -0.05) is 12.1 Å². The fraction of sp³-hybridized carbons (Fsp3) is 0.100. The summed E-state index contributed by atoms with van der Waals surface area (Å²) in [6.45, 7) is 0.118. The Kier molecular flexibility index (Phi) is 2.90. The van der Waals surface area contributed by atoms with Gasteiger partial charge >= 0.3 is 17.8 Å². The molecule has 0 saturated carbocycles. The third-order valence-corrected chi connectivity index (χ3v) is 2.81. The molecule has 0 aliphatic carbocycles. The van der Waals surface area contributed by atoms with Gasteiger partial charge in [-0.05, 0) is 40.3 Å². The quantitative estimate of drug-likeness (QED) is 0.497. The third kappa shape index (κ3) is 2.06. The van der Waals surface area contributed by atoms with Gasteiger partial charge in [-0.3, -0.25) is 19.8 Å². The predicted octanol–water partition coefficient (Wildman–Crippen LogP) is 0.870. The van der Waals surface area contributed by atoms with Crippen molar-refractivity contribution in [3.05, 3.63) is 33.4 Å². The highest BCUT2D eigenvalue weighted by molar-refractivity contribution is 14.1. The Morgan fingerprint density at radius 2 is 2.00 bits per heavy atom. The van der Waals surface area contributed by atoms with Crippen LogP contribution in [0.5, 0.6) is 0 Å². The maximum absolute atomic E-state index is 11.3. The monoisotopic (exact) mass is 330 g/mol. The summed E-state index contributed by atoms with van der Waals surface area (Å²) in [6.07, 6.45) is 0. The molecule has 1 aliphatic rings. The molecule has 1 aliphatic heterocycles. The van der Waals surface area contributed by atoms with E-state index in [2.05, 4.69) is 22.6 Å². The maximum atomic E-state index is 11.3. The van der Waals surface area contributed by atoms with E-state index < -0.39 is 17.8 Å². The van der Waals surface area contributed by atoms with Crippen LogP contribution in [-0.4, -0.2) is 22.7 Å². The molecule has 0 bridgehead atoms. The molecule has 5 nitrogen and oxygen atoms in total. The summed E-state index contributed by atoms with van der Waals surface area (Å²) in [7, 11) is 0. The molecule has 0 atom stereocenters. The molecule has 82 valence electrons. The molecule has 1 aromatic rings. The van der Waals surface area contributed by atoms with Crippen molar-refractivity contribution in [2.45, 2.75) is 6.54 Å². The normalized spacial score (nSPS) is 15.6. The number of imide groups is 2. The van der Waals surface area contributed by atoms with Crippen molar-refractivity contribution in [2.24, 2.45) is 0 Å². The van der Waals surface area contributed by atoms with E-state index in [4.69, 9.17) is 0 Å². The summed E-state index contributed by atoms with van der Waals surface area (Å²) in [4.78, 5) is 34.4. The third-order valence-electron chi connectivity index (χ3n) is 2.13. The second-order valence-corrected chi connectivity index (χ2v) is 4.53. The number of hydrogen-bond donors (Lipinski definition) is 1. The van der Waals surface area contributed by atoms with Gasteiger partial charge in [0.05, 0.1) is 6.54 Å². The Balaban J connectivity index is 2.19. The van der Waals surface area contributed by atoms with Crippen molar-refractivity contribution in [2.75, 3.05) is 0 Å². The predicted molar refractivity (Wildman–Crippen MR) is 63.2 cm³/mol. The van der Waals surface area contributed by atoms with Crippen molar-refractivity contribution in [3.63, 3.8) is 0 Å². The van der Waals surface area contributed by atoms with Crippen molar-refractivity contribution < 1.29 is 14.4 Å². The first-order valence-electron chi connectivity index (χ1n) is 4.49. The molecule has 4 amide bonds. The summed E-state index contributed by atoms with van der Waals surface area (Å²) < 4.78 is 1.01. The number of nitrogens with one attached hydrogen (secondary N) is 1. The number of halogens is 1. The van der Waals surface area contributed by atoms with Crippen LogP contribution in [-0.2, 0) is 16.1 Å². The van der Waals surface area contributed by atoms with Crippen molar-refractivity contribution >= 4 is 40.4 Å². The molecule has 0 aromatic heterocycles.